The van der Waals surface area contributed by atoms with Crippen LogP contribution in [0.15, 0.2) is 90.8 Å². The van der Waals surface area contributed by atoms with Crippen molar-refractivity contribution in [3.63, 3.8) is 0 Å². The average molecular weight is 799 g/mol. The van der Waals surface area contributed by atoms with E-state index < -0.39 is 8.07 Å². The summed E-state index contributed by atoms with van der Waals surface area (Å²) in [6, 6.07) is 29.8. The number of carbonyl (C=O) groups excluding carboxylic acids is 1. The zero-order valence-corrected chi connectivity index (χ0v) is 32.1. The summed E-state index contributed by atoms with van der Waals surface area (Å²) in [5, 5.41) is 15.0. The van der Waals surface area contributed by atoms with E-state index >= 15 is 0 Å². The molecule has 4 aromatic rings. The number of aromatic nitrogens is 1. The van der Waals surface area contributed by atoms with Crippen LogP contribution in [0.3, 0.4) is 0 Å². The van der Waals surface area contributed by atoms with Gasteiger partial charge in [0.1, 0.15) is 8.07 Å². The second-order valence-electron chi connectivity index (χ2n) is 13.3. The molecule has 45 heavy (non-hydrogen) atoms. The first-order valence-electron chi connectivity index (χ1n) is 16.3. The third-order valence-electron chi connectivity index (χ3n) is 8.92. The van der Waals surface area contributed by atoms with Gasteiger partial charge in [-0.05, 0) is 37.2 Å². The van der Waals surface area contributed by atoms with Gasteiger partial charge in [-0.15, -0.1) is 29.1 Å². The number of nitrogens with zero attached hydrogens (tertiary/aromatic N) is 1. The largest absolute Gasteiger partial charge is 0.512 e. The Balaban J connectivity index is 0.000000378. The molecule has 0 aliphatic heterocycles. The molecule has 4 rings (SSSR count). The number of aliphatic hydroxyl groups excluding tert-OH is 1. The van der Waals surface area contributed by atoms with Crippen molar-refractivity contribution in [3.8, 4) is 11.3 Å². The monoisotopic (exact) mass is 799 g/mol. The van der Waals surface area contributed by atoms with Crippen molar-refractivity contribution in [1.29, 1.82) is 0 Å². The first-order chi connectivity index (χ1) is 20.9. The van der Waals surface area contributed by atoms with E-state index in [0.29, 0.717) is 0 Å². The molecule has 0 saturated carbocycles. The predicted molar refractivity (Wildman–Crippen MR) is 192 cm³/mol. The van der Waals surface area contributed by atoms with Crippen LogP contribution in [-0.4, -0.2) is 23.9 Å². The fourth-order valence-corrected chi connectivity index (χ4v) is 8.10. The van der Waals surface area contributed by atoms with Gasteiger partial charge in [0.25, 0.3) is 0 Å². The number of rotatable bonds is 10. The maximum atomic E-state index is 11.7. The van der Waals surface area contributed by atoms with Crippen molar-refractivity contribution in [3.05, 3.63) is 102 Å². The molecular weight excluding hydrogens is 747 g/mol. The van der Waals surface area contributed by atoms with Gasteiger partial charge in [-0.3, -0.25) is 9.78 Å². The van der Waals surface area contributed by atoms with Gasteiger partial charge >= 0.3 is 0 Å². The summed E-state index contributed by atoms with van der Waals surface area (Å²) >= 11 is 0. The number of aliphatic hydroxyl groups is 1. The van der Waals surface area contributed by atoms with Crippen molar-refractivity contribution >= 4 is 35.0 Å². The summed E-state index contributed by atoms with van der Waals surface area (Å²) in [6.07, 6.45) is 6.87. The average Bonchev–Trinajstić information content (AvgIpc) is 3.02. The van der Waals surface area contributed by atoms with Crippen molar-refractivity contribution in [2.45, 2.75) is 92.7 Å². The minimum atomic E-state index is -1.78. The Kier molecular flexibility index (Phi) is 14.6. The Morgan fingerprint density at radius 2 is 1.42 bits per heavy atom. The number of pyridine rings is 1. The van der Waals surface area contributed by atoms with Crippen LogP contribution in [0.1, 0.15) is 79.7 Å². The molecule has 1 aromatic heterocycles. The third-order valence-corrected chi connectivity index (χ3v) is 12.4. The van der Waals surface area contributed by atoms with Gasteiger partial charge in [0.05, 0.1) is 5.76 Å². The first-order valence-corrected chi connectivity index (χ1v) is 19.3. The molecule has 0 fully saturated rings. The molecule has 0 unspecified atom stereocenters. The van der Waals surface area contributed by atoms with Gasteiger partial charge in [0.2, 0.25) is 0 Å². The van der Waals surface area contributed by atoms with Crippen molar-refractivity contribution in [2.75, 3.05) is 0 Å². The zero-order chi connectivity index (χ0) is 32.5. The molecule has 0 bridgehead atoms. The van der Waals surface area contributed by atoms with E-state index in [2.05, 4.69) is 113 Å². The number of hydrogen-bond donors (Lipinski definition) is 1. The van der Waals surface area contributed by atoms with Crippen LogP contribution in [0.4, 0.5) is 0 Å². The topological polar surface area (TPSA) is 50.2 Å². The standard InChI is InChI=1S/C27H28NSi.C13H24O2.Ir/c1-27(2,3)25-18-21(17-20-11-9-10-14-24(20)25)26-19-23(15-16-28-26)29(4,5)22-12-7-6-8-13-22;1-5-10(6-2)12(14)9-13(15)11(7-3)8-4;/h6-16,18-19H,1-5H3;9-11,14H,5-8H2,1-4H3;/q-1;;/b;12-9-;. The summed E-state index contributed by atoms with van der Waals surface area (Å²) < 4.78 is 0. The van der Waals surface area contributed by atoms with Gasteiger partial charge in [-0.2, -0.15) is 0 Å². The van der Waals surface area contributed by atoms with Crippen LogP contribution in [-0.2, 0) is 30.3 Å². The molecule has 1 radical (unpaired) electrons. The molecule has 3 nitrogen and oxygen atoms in total. The minimum absolute atomic E-state index is 0. The van der Waals surface area contributed by atoms with E-state index in [1.165, 1.54) is 27.4 Å². The summed E-state index contributed by atoms with van der Waals surface area (Å²) in [7, 11) is -1.78. The van der Waals surface area contributed by atoms with E-state index in [0.717, 1.165) is 42.3 Å². The second kappa shape index (κ2) is 17.2. The van der Waals surface area contributed by atoms with Crippen LogP contribution >= 0.6 is 0 Å². The number of carbonyl (C=O) groups is 1. The van der Waals surface area contributed by atoms with Gasteiger partial charge in [0, 0.05) is 49.9 Å². The van der Waals surface area contributed by atoms with E-state index in [1.807, 2.05) is 33.9 Å². The Hall–Kier alpha value is -2.85. The number of fused-ring (bicyclic) bond motifs is 1. The Labute approximate surface area is 287 Å². The van der Waals surface area contributed by atoms with Crippen LogP contribution < -0.4 is 10.4 Å². The fourth-order valence-electron chi connectivity index (χ4n) is 5.76. The van der Waals surface area contributed by atoms with Crippen LogP contribution in [0.25, 0.3) is 22.0 Å². The number of ketones is 1. The quantitative estimate of drug-likeness (QED) is 0.0753. The maximum Gasteiger partial charge on any atom is 0.162 e. The summed E-state index contributed by atoms with van der Waals surface area (Å²) in [6.45, 7) is 19.7. The maximum absolute atomic E-state index is 11.7. The molecule has 5 heteroatoms. The van der Waals surface area contributed by atoms with Gasteiger partial charge < -0.3 is 5.11 Å². The molecule has 0 atom stereocenters. The van der Waals surface area contributed by atoms with Crippen molar-refractivity contribution in [1.82, 2.24) is 4.98 Å². The van der Waals surface area contributed by atoms with E-state index in [4.69, 9.17) is 4.98 Å². The molecule has 243 valence electrons. The predicted octanol–water partition coefficient (Wildman–Crippen LogP) is 9.69. The minimum Gasteiger partial charge on any atom is -0.512 e. The number of allylic oxidation sites excluding steroid dienone is 2. The SMILES string of the molecule is CC(C)(C)c1cc(-c2cc([Si](C)(C)c3ccccc3)ccn2)[c-]c2ccccc12.CCC(CC)C(=O)/C=C(\O)C(CC)CC.[Ir]. The summed E-state index contributed by atoms with van der Waals surface area (Å²) in [5.74, 6) is 0.547. The summed E-state index contributed by atoms with van der Waals surface area (Å²) in [5.41, 5.74) is 3.48. The smallest absolute Gasteiger partial charge is 0.162 e. The van der Waals surface area contributed by atoms with Crippen molar-refractivity contribution in [2.24, 2.45) is 11.8 Å². The van der Waals surface area contributed by atoms with E-state index in [1.54, 1.807) is 0 Å². The zero-order valence-electron chi connectivity index (χ0n) is 28.7. The van der Waals surface area contributed by atoms with Crippen LogP contribution in [0.2, 0.25) is 13.1 Å². The second-order valence-corrected chi connectivity index (χ2v) is 17.7. The molecule has 0 aliphatic rings. The fraction of sp³-hybridized carbons (Fsp3) is 0.400. The van der Waals surface area contributed by atoms with Crippen LogP contribution in [0, 0.1) is 17.9 Å². The first kappa shape index (κ1) is 38.3. The molecule has 1 heterocycles. The molecule has 0 saturated heterocycles. The summed E-state index contributed by atoms with van der Waals surface area (Å²) in [4.78, 5) is 16.5. The van der Waals surface area contributed by atoms with Gasteiger partial charge in [-0.1, -0.05) is 137 Å². The molecule has 3 aromatic carbocycles. The van der Waals surface area contributed by atoms with E-state index in [9.17, 15) is 9.90 Å². The molecule has 0 aliphatic carbocycles. The molecule has 0 amide bonds. The molecule has 0 spiro atoms. The van der Waals surface area contributed by atoms with Gasteiger partial charge in [0.15, 0.2) is 5.78 Å². The Morgan fingerprint density at radius 3 is 2.00 bits per heavy atom. The van der Waals surface area contributed by atoms with E-state index in [-0.39, 0.29) is 48.9 Å². The molecular formula is C40H52IrNO2Si-. The Bertz CT molecular complexity index is 1550. The Morgan fingerprint density at radius 1 is 0.844 bits per heavy atom. The normalized spacial score (nSPS) is 12.1. The number of benzene rings is 3. The van der Waals surface area contributed by atoms with Crippen LogP contribution in [0.5, 0.6) is 0 Å². The van der Waals surface area contributed by atoms with Gasteiger partial charge in [-0.25, -0.2) is 0 Å². The third kappa shape index (κ3) is 9.82. The molecule has 1 N–H and O–H groups in total. The number of hydrogen-bond acceptors (Lipinski definition) is 3. The van der Waals surface area contributed by atoms with Crippen molar-refractivity contribution < 1.29 is 30.0 Å².